The molecule has 0 aromatic carbocycles. The molecule has 0 aromatic heterocycles. The molecule has 0 aliphatic rings. The van der Waals surface area contributed by atoms with Crippen molar-refractivity contribution >= 4 is 0 Å². The van der Waals surface area contributed by atoms with Crippen molar-refractivity contribution in [2.24, 2.45) is 5.92 Å². The Morgan fingerprint density at radius 1 is 0.579 bits per heavy atom. The lowest BCUT2D eigenvalue weighted by Crippen LogP contribution is -1.99. The van der Waals surface area contributed by atoms with Crippen molar-refractivity contribution in [3.8, 4) is 0 Å². The van der Waals surface area contributed by atoms with E-state index in [9.17, 15) is 0 Å². The van der Waals surface area contributed by atoms with Crippen molar-refractivity contribution in [3.63, 3.8) is 0 Å². The van der Waals surface area contributed by atoms with Gasteiger partial charge in [-0.3, -0.25) is 0 Å². The summed E-state index contributed by atoms with van der Waals surface area (Å²) in [6.07, 6.45) is 20.7. The van der Waals surface area contributed by atoms with Crippen LogP contribution in [0.4, 0.5) is 0 Å². The first-order chi connectivity index (χ1) is 9.35. The highest BCUT2D eigenvalue weighted by Gasteiger charge is 2.05. The summed E-state index contributed by atoms with van der Waals surface area (Å²) < 4.78 is 0. The SMILES string of the molecule is [CH2]CCCCCCCCCCC(CC)CCCC[CH2]. The van der Waals surface area contributed by atoms with E-state index in [1.165, 1.54) is 83.5 Å². The third-order valence-corrected chi connectivity index (χ3v) is 4.30. The Labute approximate surface area is 123 Å². The Morgan fingerprint density at radius 3 is 1.42 bits per heavy atom. The fourth-order valence-corrected chi connectivity index (χ4v) is 2.83. The van der Waals surface area contributed by atoms with Gasteiger partial charge in [-0.05, 0) is 5.92 Å². The van der Waals surface area contributed by atoms with Gasteiger partial charge in [-0.15, -0.1) is 0 Å². The van der Waals surface area contributed by atoms with Crippen molar-refractivity contribution in [2.45, 2.75) is 103 Å². The Hall–Kier alpha value is 0. The van der Waals surface area contributed by atoms with Crippen LogP contribution in [0.1, 0.15) is 103 Å². The molecule has 0 aromatic rings. The molecule has 0 bridgehead atoms. The monoisotopic (exact) mass is 266 g/mol. The van der Waals surface area contributed by atoms with E-state index in [0.717, 1.165) is 18.8 Å². The molecule has 0 N–H and O–H groups in total. The lowest BCUT2D eigenvalue weighted by atomic mass is 9.92. The zero-order valence-electron chi connectivity index (χ0n) is 13.6. The maximum atomic E-state index is 3.93. The van der Waals surface area contributed by atoms with E-state index in [4.69, 9.17) is 0 Å². The Balaban J connectivity index is 3.21. The summed E-state index contributed by atoms with van der Waals surface area (Å²) >= 11 is 0. The summed E-state index contributed by atoms with van der Waals surface area (Å²) in [6.45, 7) is 10.2. The van der Waals surface area contributed by atoms with Gasteiger partial charge in [-0.2, -0.15) is 0 Å². The van der Waals surface area contributed by atoms with Crippen LogP contribution in [0, 0.1) is 19.8 Å². The van der Waals surface area contributed by atoms with E-state index in [1.54, 1.807) is 0 Å². The minimum Gasteiger partial charge on any atom is -0.0651 e. The molecule has 0 fully saturated rings. The van der Waals surface area contributed by atoms with Gasteiger partial charge in [-0.25, -0.2) is 0 Å². The van der Waals surface area contributed by atoms with Gasteiger partial charge in [0, 0.05) is 0 Å². The van der Waals surface area contributed by atoms with E-state index >= 15 is 0 Å². The molecule has 0 rings (SSSR count). The standard InChI is InChI=1S/C19H38/c1-4-7-9-10-11-12-13-14-16-18-19(6-3)17-15-8-5-2/h19H,1-2,4-18H2,3H3. The summed E-state index contributed by atoms with van der Waals surface area (Å²) in [5.41, 5.74) is 0. The molecule has 2 radical (unpaired) electrons. The van der Waals surface area contributed by atoms with E-state index in [1.807, 2.05) is 0 Å². The first-order valence-corrected chi connectivity index (χ1v) is 8.93. The maximum absolute atomic E-state index is 3.93. The number of hydrogen-bond acceptors (Lipinski definition) is 0. The quantitative estimate of drug-likeness (QED) is 0.276. The third-order valence-electron chi connectivity index (χ3n) is 4.30. The second-order valence-corrected chi connectivity index (χ2v) is 6.09. The maximum Gasteiger partial charge on any atom is -0.0417 e. The second kappa shape index (κ2) is 16.1. The normalized spacial score (nSPS) is 12.8. The second-order valence-electron chi connectivity index (χ2n) is 6.09. The molecule has 1 atom stereocenters. The molecule has 1 unspecified atom stereocenters. The fraction of sp³-hybridized carbons (Fsp3) is 0.895. The molecular weight excluding hydrogens is 228 g/mol. The average molecular weight is 267 g/mol. The van der Waals surface area contributed by atoms with E-state index in [2.05, 4.69) is 20.8 Å². The van der Waals surface area contributed by atoms with E-state index in [-0.39, 0.29) is 0 Å². The molecule has 114 valence electrons. The molecule has 0 saturated carbocycles. The molecule has 0 nitrogen and oxygen atoms in total. The van der Waals surface area contributed by atoms with Gasteiger partial charge in [0.05, 0.1) is 0 Å². The lowest BCUT2D eigenvalue weighted by molar-refractivity contribution is 0.397. The van der Waals surface area contributed by atoms with Crippen LogP contribution in [0.3, 0.4) is 0 Å². The van der Waals surface area contributed by atoms with Crippen LogP contribution in [0.25, 0.3) is 0 Å². The van der Waals surface area contributed by atoms with Crippen LogP contribution < -0.4 is 0 Å². The molecule has 0 amide bonds. The van der Waals surface area contributed by atoms with Crippen LogP contribution >= 0.6 is 0 Å². The minimum atomic E-state index is 0.989. The van der Waals surface area contributed by atoms with Gasteiger partial charge in [-0.1, -0.05) is 117 Å². The first-order valence-electron chi connectivity index (χ1n) is 8.93. The van der Waals surface area contributed by atoms with E-state index in [0.29, 0.717) is 0 Å². The van der Waals surface area contributed by atoms with Gasteiger partial charge in [0.25, 0.3) is 0 Å². The van der Waals surface area contributed by atoms with E-state index < -0.39 is 0 Å². The predicted octanol–water partition coefficient (Wildman–Crippen LogP) is 7.14. The summed E-state index contributed by atoms with van der Waals surface area (Å²) in [5, 5.41) is 0. The smallest absolute Gasteiger partial charge is 0.0417 e. The highest BCUT2D eigenvalue weighted by Crippen LogP contribution is 2.21. The molecule has 0 aliphatic heterocycles. The van der Waals surface area contributed by atoms with Gasteiger partial charge in [0.1, 0.15) is 0 Å². The highest BCUT2D eigenvalue weighted by atomic mass is 14.1. The summed E-state index contributed by atoms with van der Waals surface area (Å²) in [4.78, 5) is 0. The zero-order valence-corrected chi connectivity index (χ0v) is 13.6. The Kier molecular flexibility index (Phi) is 16.1. The van der Waals surface area contributed by atoms with Crippen LogP contribution in [0.5, 0.6) is 0 Å². The third kappa shape index (κ3) is 14.2. The molecular formula is C19H38. The van der Waals surface area contributed by atoms with Crippen molar-refractivity contribution in [1.29, 1.82) is 0 Å². The van der Waals surface area contributed by atoms with Crippen LogP contribution in [-0.2, 0) is 0 Å². The van der Waals surface area contributed by atoms with Gasteiger partial charge < -0.3 is 0 Å². The topological polar surface area (TPSA) is 0 Å². The van der Waals surface area contributed by atoms with Crippen molar-refractivity contribution in [3.05, 3.63) is 13.8 Å². The minimum absolute atomic E-state index is 0.989. The largest absolute Gasteiger partial charge is 0.0651 e. The predicted molar refractivity (Wildman–Crippen MR) is 89.1 cm³/mol. The van der Waals surface area contributed by atoms with Gasteiger partial charge >= 0.3 is 0 Å². The number of unbranched alkanes of at least 4 members (excludes halogenated alkanes) is 10. The van der Waals surface area contributed by atoms with Gasteiger partial charge in [0.2, 0.25) is 0 Å². The number of rotatable bonds is 15. The molecule has 0 spiro atoms. The first kappa shape index (κ1) is 19.0. The van der Waals surface area contributed by atoms with Crippen LogP contribution in [-0.4, -0.2) is 0 Å². The molecule has 0 heteroatoms. The molecule has 0 aliphatic carbocycles. The summed E-state index contributed by atoms with van der Waals surface area (Å²) in [6, 6.07) is 0. The fourth-order valence-electron chi connectivity index (χ4n) is 2.83. The van der Waals surface area contributed by atoms with Crippen LogP contribution in [0.15, 0.2) is 0 Å². The van der Waals surface area contributed by atoms with Crippen molar-refractivity contribution < 1.29 is 0 Å². The van der Waals surface area contributed by atoms with Crippen molar-refractivity contribution in [2.75, 3.05) is 0 Å². The average Bonchev–Trinajstić information content (AvgIpc) is 2.43. The zero-order chi connectivity index (χ0) is 14.2. The van der Waals surface area contributed by atoms with Gasteiger partial charge in [0.15, 0.2) is 0 Å². The highest BCUT2D eigenvalue weighted by molar-refractivity contribution is 4.59. The van der Waals surface area contributed by atoms with Crippen LogP contribution in [0.2, 0.25) is 0 Å². The summed E-state index contributed by atoms with van der Waals surface area (Å²) in [7, 11) is 0. The lowest BCUT2D eigenvalue weighted by Gasteiger charge is -2.14. The molecule has 0 heterocycles. The molecule has 0 saturated heterocycles. The Morgan fingerprint density at radius 2 is 0.947 bits per heavy atom. The van der Waals surface area contributed by atoms with Crippen molar-refractivity contribution in [1.82, 2.24) is 0 Å². The molecule has 19 heavy (non-hydrogen) atoms. The summed E-state index contributed by atoms with van der Waals surface area (Å²) in [5.74, 6) is 0.989. The number of hydrogen-bond donors (Lipinski definition) is 0. The Bertz CT molecular complexity index is 150.